The van der Waals surface area contributed by atoms with Crippen molar-refractivity contribution >= 4 is 0 Å². The first-order valence-corrected chi connectivity index (χ1v) is 1.03. The lowest BCUT2D eigenvalue weighted by Gasteiger charge is -1.48. The van der Waals surface area contributed by atoms with Crippen LogP contribution in [0.15, 0.2) is 0 Å². The molecule has 0 radical (unpaired) electrons. The third-order valence-corrected chi connectivity index (χ3v) is 0.124. The van der Waals surface area contributed by atoms with Gasteiger partial charge in [-0.3, -0.25) is 0 Å². The van der Waals surface area contributed by atoms with Gasteiger partial charge in [-0.15, -0.1) is 0 Å². The van der Waals surface area contributed by atoms with Crippen LogP contribution >= 0.6 is 0 Å². The fourth-order valence-electron chi connectivity index (χ4n) is 0.0244. The first-order chi connectivity index (χ1) is 2.41. The molecule has 0 heterocycles. The second kappa shape index (κ2) is 3.22. The molecule has 0 bridgehead atoms. The number of rotatable bonds is 0. The summed E-state index contributed by atoms with van der Waals surface area (Å²) < 4.78 is 10.6. The fourth-order valence-corrected chi connectivity index (χ4v) is 0.0244. The van der Waals surface area contributed by atoms with Crippen LogP contribution in [0.3, 0.4) is 0 Å². The highest BCUT2D eigenvalue weighted by atomic mass is 18.2. The van der Waals surface area contributed by atoms with Gasteiger partial charge in [0, 0.05) is 5.01 Å². The van der Waals surface area contributed by atoms with Crippen molar-refractivity contribution in [1.82, 2.24) is 0 Å². The molecule has 5 heavy (non-hydrogen) atoms. The van der Waals surface area contributed by atoms with Gasteiger partial charge in [0.25, 0.3) is 0 Å². The second-order valence-electron chi connectivity index (χ2n) is 0.383. The first-order valence-electron chi connectivity index (χ1n) is 1.03. The van der Waals surface area contributed by atoms with E-state index in [-0.39, 0.29) is 0 Å². The molecule has 0 unspecified atom stereocenters. The van der Waals surface area contributed by atoms with E-state index in [2.05, 4.69) is 0 Å². The SMILES string of the molecule is [O-][N+]#CC[18F]. The molecule has 28 valence electrons. The Morgan fingerprint density at radius 3 is 2.60 bits per heavy atom. The summed E-state index contributed by atoms with van der Waals surface area (Å²) in [5.41, 5.74) is 0. The molecule has 0 aromatic heterocycles. The lowest BCUT2D eigenvalue weighted by atomic mass is 10.9. The Morgan fingerprint density at radius 1 is 2.00 bits per heavy atom. The molecule has 0 aromatic rings. The van der Waals surface area contributed by atoms with E-state index >= 15 is 0 Å². The van der Waals surface area contributed by atoms with Crippen molar-refractivity contribution in [3.8, 4) is 6.07 Å². The van der Waals surface area contributed by atoms with Gasteiger partial charge in [0.2, 0.25) is 6.67 Å². The predicted octanol–water partition coefficient (Wildman–Crippen LogP) is 0.787. The van der Waals surface area contributed by atoms with Gasteiger partial charge >= 0.3 is 6.07 Å². The molecule has 3 heteroatoms. The number of nitrogens with zero attached hydrogens (tertiary/aromatic N) is 1. The molecule has 2 nitrogen and oxygen atoms in total. The minimum absolute atomic E-state index is 0.885. The molecule has 0 saturated carbocycles. The van der Waals surface area contributed by atoms with Crippen molar-refractivity contribution in [2.75, 3.05) is 6.67 Å². The molecule has 0 atom stereocenters. The van der Waals surface area contributed by atoms with Crippen LogP contribution in [-0.4, -0.2) is 6.67 Å². The van der Waals surface area contributed by atoms with Gasteiger partial charge in [-0.2, -0.15) is 0 Å². The third kappa shape index (κ3) is 3.22. The zero-order chi connectivity index (χ0) is 4.12. The minimum atomic E-state index is -0.885. The predicted molar refractivity (Wildman–Crippen MR) is 16.6 cm³/mol. The van der Waals surface area contributed by atoms with Gasteiger partial charge in [-0.1, -0.05) is 0 Å². The average molecular weight is 74.0 g/mol. The van der Waals surface area contributed by atoms with Crippen molar-refractivity contribution < 1.29 is 4.39 Å². The standard InChI is InChI=1S/C2H2FNO/c3-1-2-4-5/h1H2/i3-1. The summed E-state index contributed by atoms with van der Waals surface area (Å²) in [6.45, 7) is -0.885. The molecule has 0 aromatic carbocycles. The van der Waals surface area contributed by atoms with Gasteiger partial charge in [-0.25, -0.2) is 4.39 Å². The highest BCUT2D eigenvalue weighted by Crippen LogP contribution is 1.59. The van der Waals surface area contributed by atoms with E-state index < -0.39 is 6.67 Å². The van der Waals surface area contributed by atoms with Crippen LogP contribution < -0.4 is 0 Å². The second-order valence-corrected chi connectivity index (χ2v) is 0.383. The zero-order valence-electron chi connectivity index (χ0n) is 2.44. The van der Waals surface area contributed by atoms with Gasteiger partial charge in [0.1, 0.15) is 0 Å². The van der Waals surface area contributed by atoms with Crippen LogP contribution in [0.1, 0.15) is 0 Å². The fraction of sp³-hybridized carbons (Fsp3) is 0.500. The van der Waals surface area contributed by atoms with Gasteiger partial charge < -0.3 is 5.21 Å². The van der Waals surface area contributed by atoms with Crippen LogP contribution in [0.4, 0.5) is 4.39 Å². The maximum atomic E-state index is 10.6. The van der Waals surface area contributed by atoms with Crippen molar-refractivity contribution in [3.63, 3.8) is 0 Å². The van der Waals surface area contributed by atoms with Crippen LogP contribution in [0.2, 0.25) is 0 Å². The topological polar surface area (TPSA) is 27.4 Å². The number of hydrogen-bond donors (Lipinski definition) is 0. The maximum absolute atomic E-state index is 10.6. The Kier molecular flexibility index (Phi) is 2.72. The van der Waals surface area contributed by atoms with E-state index in [0.29, 0.717) is 0 Å². The van der Waals surface area contributed by atoms with Crippen LogP contribution in [0.5, 0.6) is 0 Å². The van der Waals surface area contributed by atoms with Crippen molar-refractivity contribution in [3.05, 3.63) is 10.2 Å². The van der Waals surface area contributed by atoms with Crippen LogP contribution in [0.25, 0.3) is 5.01 Å². The number of hydrogen-bond acceptors (Lipinski definition) is 1. The molecule has 0 aliphatic carbocycles. The summed E-state index contributed by atoms with van der Waals surface area (Å²) in [7, 11) is 0. The highest BCUT2D eigenvalue weighted by molar-refractivity contribution is 4.85. The Hall–Kier alpha value is -0.780. The molecule has 0 N–H and O–H groups in total. The number of halogens is 1. The van der Waals surface area contributed by atoms with Gasteiger partial charge in [0.15, 0.2) is 0 Å². The molecule has 0 saturated heterocycles. The first kappa shape index (κ1) is 4.22. The minimum Gasteiger partial charge on any atom is -0.498 e. The number of alkyl halides is 1. The average Bonchev–Trinajstić information content (AvgIpc) is 1.41. The van der Waals surface area contributed by atoms with E-state index in [1.807, 2.05) is 5.01 Å². The van der Waals surface area contributed by atoms with Crippen LogP contribution in [-0.2, 0) is 0 Å². The lowest BCUT2D eigenvalue weighted by molar-refractivity contribution is 0.572. The van der Waals surface area contributed by atoms with E-state index in [4.69, 9.17) is 5.21 Å². The summed E-state index contributed by atoms with van der Waals surface area (Å²) >= 11 is 0. The highest BCUT2D eigenvalue weighted by Gasteiger charge is 1.68. The maximum Gasteiger partial charge on any atom is 0.332 e. The Balaban J connectivity index is 2.81. The lowest BCUT2D eigenvalue weighted by Crippen LogP contribution is -1.52. The van der Waals surface area contributed by atoms with E-state index in [1.54, 1.807) is 0 Å². The van der Waals surface area contributed by atoms with Gasteiger partial charge in [0.05, 0.1) is 0 Å². The zero-order valence-corrected chi connectivity index (χ0v) is 2.44. The molecule has 0 spiro atoms. The summed E-state index contributed by atoms with van der Waals surface area (Å²) in [6, 6.07) is 1.51. The third-order valence-electron chi connectivity index (χ3n) is 0.124. The molecule has 0 amide bonds. The molecule has 0 rings (SSSR count). The Morgan fingerprint density at radius 2 is 2.60 bits per heavy atom. The van der Waals surface area contributed by atoms with E-state index in [9.17, 15) is 4.39 Å². The van der Waals surface area contributed by atoms with Crippen molar-refractivity contribution in [1.29, 1.82) is 0 Å². The molecule has 0 fully saturated rings. The summed E-state index contributed by atoms with van der Waals surface area (Å²) in [5, 5.41) is 10.8. The van der Waals surface area contributed by atoms with Crippen molar-refractivity contribution in [2.45, 2.75) is 0 Å². The monoisotopic (exact) mass is 74.0 g/mol. The molecular weight excluding hydrogens is 72.0 g/mol. The van der Waals surface area contributed by atoms with Gasteiger partial charge in [-0.05, 0) is 0 Å². The Labute approximate surface area is 28.6 Å². The van der Waals surface area contributed by atoms with Crippen LogP contribution in [0, 0.1) is 11.3 Å². The molecular formula is C2H2FNO. The van der Waals surface area contributed by atoms with Crippen molar-refractivity contribution in [2.24, 2.45) is 0 Å². The summed E-state index contributed by atoms with van der Waals surface area (Å²) in [4.78, 5) is 0. The molecule has 0 aliphatic heterocycles. The molecule has 0 aliphatic rings. The Bertz CT molecular complexity index is 61.8. The van der Waals surface area contributed by atoms with E-state index in [1.165, 1.54) is 6.07 Å². The quantitative estimate of drug-likeness (QED) is 0.390. The normalized spacial score (nSPS) is 5.00. The largest absolute Gasteiger partial charge is 0.498 e. The summed E-state index contributed by atoms with van der Waals surface area (Å²) in [5.74, 6) is 0. The van der Waals surface area contributed by atoms with E-state index in [0.717, 1.165) is 0 Å². The summed E-state index contributed by atoms with van der Waals surface area (Å²) in [6.07, 6.45) is 0. The smallest absolute Gasteiger partial charge is 0.332 e.